The molecular formula is C6H9NO3. The summed E-state index contributed by atoms with van der Waals surface area (Å²) in [4.78, 5) is 3.71. The molecule has 10 heavy (non-hydrogen) atoms. The van der Waals surface area contributed by atoms with Crippen LogP contribution in [0.1, 0.15) is 12.6 Å². The summed E-state index contributed by atoms with van der Waals surface area (Å²) in [6, 6.07) is 0. The summed E-state index contributed by atoms with van der Waals surface area (Å²) in [5.74, 6) is 0.310. The first-order valence-electron chi connectivity index (χ1n) is 3.04. The summed E-state index contributed by atoms with van der Waals surface area (Å²) in [6.07, 6.45) is 1.25. The average molecular weight is 143 g/mol. The third-order valence-corrected chi connectivity index (χ3v) is 1.03. The van der Waals surface area contributed by atoms with Crippen LogP contribution in [0.4, 0.5) is 0 Å². The van der Waals surface area contributed by atoms with Gasteiger partial charge >= 0.3 is 5.95 Å². The number of hydrogen-bond donors (Lipinski definition) is 1. The van der Waals surface area contributed by atoms with Gasteiger partial charge in [0.2, 0.25) is 0 Å². The Kier molecular flexibility index (Phi) is 2.28. The van der Waals surface area contributed by atoms with E-state index in [1.807, 2.05) is 6.92 Å². The zero-order valence-corrected chi connectivity index (χ0v) is 5.70. The van der Waals surface area contributed by atoms with Gasteiger partial charge in [0, 0.05) is 0 Å². The van der Waals surface area contributed by atoms with Crippen molar-refractivity contribution in [3.05, 3.63) is 12.1 Å². The second-order valence-corrected chi connectivity index (χ2v) is 1.68. The van der Waals surface area contributed by atoms with Crippen molar-refractivity contribution < 1.29 is 14.3 Å². The molecule has 1 rings (SSSR count). The predicted octanol–water partition coefficient (Wildman–Crippen LogP) is 0.566. The molecule has 0 saturated carbocycles. The maximum absolute atomic E-state index is 8.63. The van der Waals surface area contributed by atoms with Gasteiger partial charge in [0.1, 0.15) is 5.69 Å². The molecule has 0 unspecified atom stereocenters. The van der Waals surface area contributed by atoms with Gasteiger partial charge < -0.3 is 14.3 Å². The Morgan fingerprint density at radius 3 is 3.20 bits per heavy atom. The Balaban J connectivity index is 2.70. The van der Waals surface area contributed by atoms with Gasteiger partial charge in [0.05, 0.1) is 13.2 Å². The molecule has 0 radical (unpaired) electrons. The normalized spacial score (nSPS) is 9.80. The summed E-state index contributed by atoms with van der Waals surface area (Å²) < 4.78 is 9.78. The SMILES string of the molecule is CCOc1ocnc1CO. The highest BCUT2D eigenvalue weighted by atomic mass is 16.6. The lowest BCUT2D eigenvalue weighted by Crippen LogP contribution is -1.93. The van der Waals surface area contributed by atoms with Crippen LogP contribution < -0.4 is 4.74 Å². The lowest BCUT2D eigenvalue weighted by Gasteiger charge is -1.96. The zero-order valence-electron chi connectivity index (χ0n) is 5.70. The highest BCUT2D eigenvalue weighted by Crippen LogP contribution is 2.15. The molecule has 1 heterocycles. The number of aromatic nitrogens is 1. The van der Waals surface area contributed by atoms with E-state index >= 15 is 0 Å². The Labute approximate surface area is 58.4 Å². The fraction of sp³-hybridized carbons (Fsp3) is 0.500. The fourth-order valence-electron chi connectivity index (χ4n) is 0.612. The molecule has 0 fully saturated rings. The highest BCUT2D eigenvalue weighted by Gasteiger charge is 2.05. The van der Waals surface area contributed by atoms with E-state index in [0.717, 1.165) is 0 Å². The molecule has 0 saturated heterocycles. The predicted molar refractivity (Wildman–Crippen MR) is 33.6 cm³/mol. The van der Waals surface area contributed by atoms with Crippen LogP contribution in [0.15, 0.2) is 10.8 Å². The second-order valence-electron chi connectivity index (χ2n) is 1.68. The maximum Gasteiger partial charge on any atom is 0.310 e. The van der Waals surface area contributed by atoms with Crippen molar-refractivity contribution in [2.75, 3.05) is 6.61 Å². The number of nitrogens with zero attached hydrogens (tertiary/aromatic N) is 1. The summed E-state index contributed by atoms with van der Waals surface area (Å²) in [5, 5.41) is 8.63. The number of aliphatic hydroxyl groups excluding tert-OH is 1. The monoisotopic (exact) mass is 143 g/mol. The average Bonchev–Trinajstić information content (AvgIpc) is 2.36. The van der Waals surface area contributed by atoms with Crippen LogP contribution in [0.5, 0.6) is 5.95 Å². The molecule has 56 valence electrons. The lowest BCUT2D eigenvalue weighted by molar-refractivity contribution is 0.231. The van der Waals surface area contributed by atoms with Crippen LogP contribution in [-0.2, 0) is 6.61 Å². The first-order chi connectivity index (χ1) is 4.88. The maximum atomic E-state index is 8.63. The number of hydrogen-bond acceptors (Lipinski definition) is 4. The van der Waals surface area contributed by atoms with E-state index in [1.165, 1.54) is 6.39 Å². The first-order valence-corrected chi connectivity index (χ1v) is 3.04. The molecule has 0 bridgehead atoms. The molecule has 0 aliphatic carbocycles. The van der Waals surface area contributed by atoms with Crippen LogP contribution >= 0.6 is 0 Å². The van der Waals surface area contributed by atoms with Gasteiger partial charge in [0.15, 0.2) is 6.39 Å². The highest BCUT2D eigenvalue weighted by molar-refractivity contribution is 5.11. The van der Waals surface area contributed by atoms with Crippen molar-refractivity contribution in [3.8, 4) is 5.95 Å². The summed E-state index contributed by atoms with van der Waals surface area (Å²) in [7, 11) is 0. The minimum atomic E-state index is -0.147. The van der Waals surface area contributed by atoms with Gasteiger partial charge in [-0.3, -0.25) is 0 Å². The molecular weight excluding hydrogens is 134 g/mol. The minimum absolute atomic E-state index is 0.147. The molecule has 0 atom stereocenters. The summed E-state index contributed by atoms with van der Waals surface area (Å²) >= 11 is 0. The number of rotatable bonds is 3. The Morgan fingerprint density at radius 1 is 1.80 bits per heavy atom. The molecule has 0 aromatic carbocycles. The van der Waals surface area contributed by atoms with Gasteiger partial charge in [-0.25, -0.2) is 4.98 Å². The van der Waals surface area contributed by atoms with Crippen LogP contribution in [0.3, 0.4) is 0 Å². The Hall–Kier alpha value is -1.03. The van der Waals surface area contributed by atoms with Crippen molar-refractivity contribution in [1.82, 2.24) is 4.98 Å². The Bertz CT molecular complexity index is 197. The van der Waals surface area contributed by atoms with Gasteiger partial charge in [0.25, 0.3) is 0 Å². The van der Waals surface area contributed by atoms with Crippen LogP contribution in [0, 0.1) is 0 Å². The van der Waals surface area contributed by atoms with Crippen LogP contribution in [0.2, 0.25) is 0 Å². The summed E-state index contributed by atoms with van der Waals surface area (Å²) in [6.45, 7) is 2.21. The molecule has 0 spiro atoms. The largest absolute Gasteiger partial charge is 0.464 e. The van der Waals surface area contributed by atoms with E-state index < -0.39 is 0 Å². The molecule has 1 aromatic rings. The number of ether oxygens (including phenoxy) is 1. The molecule has 4 heteroatoms. The van der Waals surface area contributed by atoms with Crippen molar-refractivity contribution in [2.45, 2.75) is 13.5 Å². The molecule has 4 nitrogen and oxygen atoms in total. The van der Waals surface area contributed by atoms with E-state index in [1.54, 1.807) is 0 Å². The van der Waals surface area contributed by atoms with Gasteiger partial charge in [-0.2, -0.15) is 0 Å². The van der Waals surface area contributed by atoms with Crippen LogP contribution in [-0.4, -0.2) is 16.7 Å². The topological polar surface area (TPSA) is 55.5 Å². The van der Waals surface area contributed by atoms with Crippen molar-refractivity contribution >= 4 is 0 Å². The Morgan fingerprint density at radius 2 is 2.60 bits per heavy atom. The number of aliphatic hydroxyl groups is 1. The standard InChI is InChI=1S/C6H9NO3/c1-2-9-6-5(3-8)7-4-10-6/h4,8H,2-3H2,1H3. The lowest BCUT2D eigenvalue weighted by atomic mass is 10.5. The van der Waals surface area contributed by atoms with Gasteiger partial charge in [-0.15, -0.1) is 0 Å². The van der Waals surface area contributed by atoms with E-state index in [9.17, 15) is 0 Å². The molecule has 0 amide bonds. The van der Waals surface area contributed by atoms with Crippen LogP contribution in [0.25, 0.3) is 0 Å². The molecule has 0 aliphatic heterocycles. The van der Waals surface area contributed by atoms with E-state index in [-0.39, 0.29) is 6.61 Å². The third-order valence-electron chi connectivity index (χ3n) is 1.03. The smallest absolute Gasteiger partial charge is 0.310 e. The minimum Gasteiger partial charge on any atom is -0.464 e. The van der Waals surface area contributed by atoms with Crippen molar-refractivity contribution in [3.63, 3.8) is 0 Å². The third kappa shape index (κ3) is 1.27. The second kappa shape index (κ2) is 3.22. The fourth-order valence-corrected chi connectivity index (χ4v) is 0.612. The van der Waals surface area contributed by atoms with Crippen molar-refractivity contribution in [2.24, 2.45) is 0 Å². The van der Waals surface area contributed by atoms with E-state index in [2.05, 4.69) is 4.98 Å². The van der Waals surface area contributed by atoms with Crippen molar-refractivity contribution in [1.29, 1.82) is 0 Å². The molecule has 1 N–H and O–H groups in total. The zero-order chi connectivity index (χ0) is 7.40. The number of oxazole rings is 1. The first kappa shape index (κ1) is 7.08. The molecule has 1 aromatic heterocycles. The van der Waals surface area contributed by atoms with E-state index in [4.69, 9.17) is 14.3 Å². The quantitative estimate of drug-likeness (QED) is 0.671. The van der Waals surface area contributed by atoms with Gasteiger partial charge in [-0.05, 0) is 6.92 Å². The molecule has 0 aliphatic rings. The van der Waals surface area contributed by atoms with E-state index in [0.29, 0.717) is 18.2 Å². The van der Waals surface area contributed by atoms with Gasteiger partial charge in [-0.1, -0.05) is 0 Å². The summed E-state index contributed by atoms with van der Waals surface area (Å²) in [5.41, 5.74) is 0.446.